The molecule has 1 heterocycles. The third kappa shape index (κ3) is 3.05. The van der Waals surface area contributed by atoms with Crippen molar-refractivity contribution in [1.82, 2.24) is 4.98 Å². The molecule has 0 unspecified atom stereocenters. The molecule has 0 saturated carbocycles. The van der Waals surface area contributed by atoms with E-state index in [0.29, 0.717) is 16.4 Å². The molecule has 0 radical (unpaired) electrons. The molecule has 4 nitrogen and oxygen atoms in total. The summed E-state index contributed by atoms with van der Waals surface area (Å²) in [6, 6.07) is 5.73. The Bertz CT molecular complexity index is 662. The van der Waals surface area contributed by atoms with Gasteiger partial charge in [0, 0.05) is 23.6 Å². The summed E-state index contributed by atoms with van der Waals surface area (Å²) in [5, 5.41) is 2.85. The van der Waals surface area contributed by atoms with Crippen LogP contribution in [-0.2, 0) is 0 Å². The number of nitrogens with zero attached hydrogens (tertiary/aromatic N) is 1. The fourth-order valence-electron chi connectivity index (χ4n) is 1.64. The number of halogens is 2. The number of carbonyl (C=O) groups excluding carboxylic acids is 1. The fourth-order valence-corrected chi connectivity index (χ4v) is 1.93. The highest BCUT2D eigenvalue weighted by molar-refractivity contribution is 6.34. The van der Waals surface area contributed by atoms with Crippen LogP contribution in [0.25, 0.3) is 0 Å². The molecule has 2 rings (SSSR count). The van der Waals surface area contributed by atoms with Crippen LogP contribution in [0.5, 0.6) is 5.75 Å². The number of rotatable bonds is 3. The van der Waals surface area contributed by atoms with Gasteiger partial charge in [-0.25, -0.2) is 4.39 Å². The van der Waals surface area contributed by atoms with Crippen LogP contribution in [0.3, 0.4) is 0 Å². The van der Waals surface area contributed by atoms with Crippen molar-refractivity contribution in [1.29, 1.82) is 0 Å². The van der Waals surface area contributed by atoms with E-state index in [2.05, 4.69) is 10.3 Å². The van der Waals surface area contributed by atoms with Crippen molar-refractivity contribution in [3.63, 3.8) is 0 Å². The molecule has 104 valence electrons. The Morgan fingerprint density at radius 2 is 2.15 bits per heavy atom. The highest BCUT2D eigenvalue weighted by Gasteiger charge is 2.12. The summed E-state index contributed by atoms with van der Waals surface area (Å²) in [4.78, 5) is 16.0. The zero-order chi connectivity index (χ0) is 14.7. The van der Waals surface area contributed by atoms with E-state index in [0.717, 1.165) is 0 Å². The Morgan fingerprint density at radius 1 is 1.40 bits per heavy atom. The molecule has 0 atom stereocenters. The van der Waals surface area contributed by atoms with Crippen molar-refractivity contribution in [3.05, 3.63) is 52.6 Å². The molecule has 0 fully saturated rings. The molecule has 2 aromatic rings. The average Bonchev–Trinajstić information content (AvgIpc) is 2.38. The number of carbonyl (C=O) groups is 1. The van der Waals surface area contributed by atoms with Crippen molar-refractivity contribution in [2.75, 3.05) is 12.4 Å². The smallest absolute Gasteiger partial charge is 0.258 e. The van der Waals surface area contributed by atoms with Gasteiger partial charge in [0.05, 0.1) is 17.7 Å². The van der Waals surface area contributed by atoms with Crippen molar-refractivity contribution >= 4 is 23.2 Å². The minimum atomic E-state index is -0.557. The number of ether oxygens (including phenoxy) is 1. The summed E-state index contributed by atoms with van der Waals surface area (Å²) >= 11 is 5.97. The topological polar surface area (TPSA) is 51.2 Å². The molecule has 0 saturated heterocycles. The van der Waals surface area contributed by atoms with Gasteiger partial charge in [-0.1, -0.05) is 11.6 Å². The first-order valence-electron chi connectivity index (χ1n) is 5.78. The van der Waals surface area contributed by atoms with Crippen LogP contribution in [0, 0.1) is 12.7 Å². The Labute approximate surface area is 120 Å². The standard InChI is InChI=1S/C14H12ClFN2O2/c1-8-5-11(15)10(7-17-8)14(19)18-9-3-4-13(20-2)12(16)6-9/h3-7H,1-2H3,(H,18,19). The van der Waals surface area contributed by atoms with Crippen LogP contribution >= 0.6 is 11.6 Å². The maximum Gasteiger partial charge on any atom is 0.258 e. The lowest BCUT2D eigenvalue weighted by Crippen LogP contribution is -2.13. The summed E-state index contributed by atoms with van der Waals surface area (Å²) in [6.45, 7) is 1.77. The van der Waals surface area contributed by atoms with Crippen LogP contribution in [0.4, 0.5) is 10.1 Å². The normalized spacial score (nSPS) is 10.2. The molecular weight excluding hydrogens is 283 g/mol. The summed E-state index contributed by atoms with van der Waals surface area (Å²) in [5.41, 5.74) is 1.25. The first kappa shape index (κ1) is 14.3. The number of hydrogen-bond acceptors (Lipinski definition) is 3. The SMILES string of the molecule is COc1ccc(NC(=O)c2cnc(C)cc2Cl)cc1F. The molecule has 6 heteroatoms. The Balaban J connectivity index is 2.21. The number of aryl methyl sites for hydroxylation is 1. The van der Waals surface area contributed by atoms with Crippen LogP contribution in [0.2, 0.25) is 5.02 Å². The number of anilines is 1. The van der Waals surface area contributed by atoms with E-state index in [4.69, 9.17) is 16.3 Å². The minimum Gasteiger partial charge on any atom is -0.494 e. The molecular formula is C14H12ClFN2O2. The summed E-state index contributed by atoms with van der Waals surface area (Å²) < 4.78 is 18.3. The predicted octanol–water partition coefficient (Wildman–Crippen LogP) is 3.44. The first-order chi connectivity index (χ1) is 9.51. The maximum atomic E-state index is 13.5. The van der Waals surface area contributed by atoms with Gasteiger partial charge in [-0.05, 0) is 25.1 Å². The van der Waals surface area contributed by atoms with Gasteiger partial charge >= 0.3 is 0 Å². The monoisotopic (exact) mass is 294 g/mol. The second kappa shape index (κ2) is 5.88. The Morgan fingerprint density at radius 3 is 2.75 bits per heavy atom. The minimum absolute atomic E-state index is 0.109. The molecule has 0 spiro atoms. The number of benzene rings is 1. The fraction of sp³-hybridized carbons (Fsp3) is 0.143. The summed E-state index contributed by atoms with van der Waals surface area (Å²) in [6.07, 6.45) is 1.38. The molecule has 1 aromatic carbocycles. The van der Waals surface area contributed by atoms with Gasteiger partial charge in [0.25, 0.3) is 5.91 Å². The first-order valence-corrected chi connectivity index (χ1v) is 6.16. The van der Waals surface area contributed by atoms with E-state index in [1.54, 1.807) is 13.0 Å². The van der Waals surface area contributed by atoms with E-state index in [-0.39, 0.29) is 11.3 Å². The van der Waals surface area contributed by atoms with Gasteiger partial charge in [0.15, 0.2) is 11.6 Å². The summed E-state index contributed by atoms with van der Waals surface area (Å²) in [7, 11) is 1.37. The van der Waals surface area contributed by atoms with E-state index in [1.165, 1.54) is 31.5 Å². The lowest BCUT2D eigenvalue weighted by atomic mass is 10.2. The number of hydrogen-bond donors (Lipinski definition) is 1. The number of pyridine rings is 1. The van der Waals surface area contributed by atoms with E-state index in [9.17, 15) is 9.18 Å². The van der Waals surface area contributed by atoms with E-state index in [1.807, 2.05) is 0 Å². The third-order valence-electron chi connectivity index (χ3n) is 2.64. The maximum absolute atomic E-state index is 13.5. The molecule has 1 aromatic heterocycles. The third-order valence-corrected chi connectivity index (χ3v) is 2.96. The van der Waals surface area contributed by atoms with Crippen LogP contribution in [-0.4, -0.2) is 18.0 Å². The molecule has 0 aliphatic heterocycles. The Hall–Kier alpha value is -2.14. The van der Waals surface area contributed by atoms with Crippen LogP contribution in [0.1, 0.15) is 16.1 Å². The molecule has 0 aliphatic carbocycles. The van der Waals surface area contributed by atoms with Crippen molar-refractivity contribution in [2.45, 2.75) is 6.92 Å². The number of amides is 1. The van der Waals surface area contributed by atoms with Gasteiger partial charge < -0.3 is 10.1 Å². The number of nitrogens with one attached hydrogen (secondary N) is 1. The molecule has 20 heavy (non-hydrogen) atoms. The molecule has 1 N–H and O–H groups in total. The van der Waals surface area contributed by atoms with Crippen molar-refractivity contribution < 1.29 is 13.9 Å². The predicted molar refractivity (Wildman–Crippen MR) is 74.9 cm³/mol. The zero-order valence-electron chi connectivity index (χ0n) is 10.9. The summed E-state index contributed by atoms with van der Waals surface area (Å²) in [5.74, 6) is -0.900. The van der Waals surface area contributed by atoms with Gasteiger partial charge in [-0.3, -0.25) is 9.78 Å². The second-order valence-electron chi connectivity index (χ2n) is 4.11. The van der Waals surface area contributed by atoms with Gasteiger partial charge in [0.2, 0.25) is 0 Å². The number of aromatic nitrogens is 1. The molecule has 1 amide bonds. The average molecular weight is 295 g/mol. The van der Waals surface area contributed by atoms with Gasteiger partial charge in [0.1, 0.15) is 0 Å². The zero-order valence-corrected chi connectivity index (χ0v) is 11.7. The molecule has 0 bridgehead atoms. The van der Waals surface area contributed by atoms with Crippen molar-refractivity contribution in [2.24, 2.45) is 0 Å². The van der Waals surface area contributed by atoms with Crippen LogP contribution < -0.4 is 10.1 Å². The number of methoxy groups -OCH3 is 1. The van der Waals surface area contributed by atoms with Gasteiger partial charge in [-0.15, -0.1) is 0 Å². The second-order valence-corrected chi connectivity index (χ2v) is 4.52. The Kier molecular flexibility index (Phi) is 4.20. The lowest BCUT2D eigenvalue weighted by Gasteiger charge is -2.08. The van der Waals surface area contributed by atoms with E-state index < -0.39 is 11.7 Å². The lowest BCUT2D eigenvalue weighted by molar-refractivity contribution is 0.102. The highest BCUT2D eigenvalue weighted by atomic mass is 35.5. The van der Waals surface area contributed by atoms with Gasteiger partial charge in [-0.2, -0.15) is 0 Å². The quantitative estimate of drug-likeness (QED) is 0.943. The van der Waals surface area contributed by atoms with Crippen LogP contribution in [0.15, 0.2) is 30.5 Å². The van der Waals surface area contributed by atoms with Crippen molar-refractivity contribution in [3.8, 4) is 5.75 Å². The highest BCUT2D eigenvalue weighted by Crippen LogP contribution is 2.22. The molecule has 0 aliphatic rings. The van der Waals surface area contributed by atoms with E-state index >= 15 is 0 Å². The largest absolute Gasteiger partial charge is 0.494 e.